The predicted molar refractivity (Wildman–Crippen MR) is 128 cm³/mol. The van der Waals surface area contributed by atoms with Gasteiger partial charge in [-0.15, -0.1) is 0 Å². The molecule has 0 unspecified atom stereocenters. The first-order valence-electron chi connectivity index (χ1n) is 12.6. The van der Waals surface area contributed by atoms with Crippen LogP contribution in [-0.4, -0.2) is 56.2 Å². The standard InChI is InChI=1S/C26H40FN3O2/c1-20-7-6-16-30(20)21-10-17-29(18-11-21)22-8-9-24(23(27)19-22)28-15-14-26(25(31)32-2)12-4-3-5-13-26/h8-9,19-21,28H,3-7,10-18H2,1-2H3/t20-/m0/s1. The van der Waals surface area contributed by atoms with Crippen molar-refractivity contribution in [3.8, 4) is 0 Å². The Bertz CT molecular complexity index is 772. The number of benzene rings is 1. The Morgan fingerprint density at radius 1 is 1.12 bits per heavy atom. The average molecular weight is 446 g/mol. The minimum absolute atomic E-state index is 0.110. The quantitative estimate of drug-likeness (QED) is 0.584. The van der Waals surface area contributed by atoms with Crippen molar-refractivity contribution in [3.63, 3.8) is 0 Å². The van der Waals surface area contributed by atoms with E-state index < -0.39 is 5.41 Å². The Morgan fingerprint density at radius 2 is 1.88 bits per heavy atom. The lowest BCUT2D eigenvalue weighted by Gasteiger charge is -2.39. The van der Waals surface area contributed by atoms with Gasteiger partial charge in [-0.2, -0.15) is 0 Å². The molecular weight excluding hydrogens is 405 g/mol. The summed E-state index contributed by atoms with van der Waals surface area (Å²) in [6.45, 7) is 6.13. The van der Waals surface area contributed by atoms with Crippen LogP contribution in [-0.2, 0) is 9.53 Å². The van der Waals surface area contributed by atoms with Crippen molar-refractivity contribution in [2.24, 2.45) is 5.41 Å². The Morgan fingerprint density at radius 3 is 2.50 bits per heavy atom. The van der Waals surface area contributed by atoms with Crippen LogP contribution in [0.1, 0.15) is 71.1 Å². The summed E-state index contributed by atoms with van der Waals surface area (Å²) in [5.41, 5.74) is 1.08. The van der Waals surface area contributed by atoms with Crippen molar-refractivity contribution in [3.05, 3.63) is 24.0 Å². The van der Waals surface area contributed by atoms with Gasteiger partial charge in [-0.25, -0.2) is 4.39 Å². The summed E-state index contributed by atoms with van der Waals surface area (Å²) in [7, 11) is 1.47. The molecule has 0 aromatic heterocycles. The lowest BCUT2D eigenvalue weighted by atomic mass is 9.72. The zero-order chi connectivity index (χ0) is 22.6. The fourth-order valence-electron chi connectivity index (χ4n) is 6.24. The molecule has 32 heavy (non-hydrogen) atoms. The van der Waals surface area contributed by atoms with Gasteiger partial charge < -0.3 is 15.0 Å². The third kappa shape index (κ3) is 5.05. The maximum atomic E-state index is 14.9. The molecule has 0 bridgehead atoms. The monoisotopic (exact) mass is 445 g/mol. The number of ether oxygens (including phenoxy) is 1. The molecule has 1 saturated carbocycles. The highest BCUT2D eigenvalue weighted by Crippen LogP contribution is 2.40. The van der Waals surface area contributed by atoms with Crippen LogP contribution in [0.25, 0.3) is 0 Å². The number of hydrogen-bond acceptors (Lipinski definition) is 5. The summed E-state index contributed by atoms with van der Waals surface area (Å²) in [6, 6.07) is 6.93. The lowest BCUT2D eigenvalue weighted by molar-refractivity contribution is -0.155. The zero-order valence-corrected chi connectivity index (χ0v) is 19.9. The highest BCUT2D eigenvalue weighted by Gasteiger charge is 2.40. The van der Waals surface area contributed by atoms with Crippen LogP contribution in [0, 0.1) is 11.2 Å². The topological polar surface area (TPSA) is 44.8 Å². The number of esters is 1. The van der Waals surface area contributed by atoms with E-state index in [1.807, 2.05) is 12.1 Å². The highest BCUT2D eigenvalue weighted by atomic mass is 19.1. The molecule has 2 aliphatic heterocycles. The van der Waals surface area contributed by atoms with E-state index in [1.165, 1.54) is 32.9 Å². The van der Waals surface area contributed by atoms with E-state index in [0.29, 0.717) is 30.7 Å². The van der Waals surface area contributed by atoms with Gasteiger partial charge in [0.2, 0.25) is 0 Å². The molecule has 4 rings (SSSR count). The van der Waals surface area contributed by atoms with Crippen LogP contribution >= 0.6 is 0 Å². The molecule has 3 aliphatic rings. The fraction of sp³-hybridized carbons (Fsp3) is 0.731. The molecule has 1 aromatic carbocycles. The Balaban J connectivity index is 1.30. The second kappa shape index (κ2) is 10.4. The van der Waals surface area contributed by atoms with Gasteiger partial charge >= 0.3 is 5.97 Å². The highest BCUT2D eigenvalue weighted by molar-refractivity contribution is 5.77. The van der Waals surface area contributed by atoms with Gasteiger partial charge in [0.25, 0.3) is 0 Å². The summed E-state index contributed by atoms with van der Waals surface area (Å²) >= 11 is 0. The van der Waals surface area contributed by atoms with Gasteiger partial charge in [-0.3, -0.25) is 9.69 Å². The molecule has 0 amide bonds. The van der Waals surface area contributed by atoms with Crippen molar-refractivity contribution >= 4 is 17.3 Å². The third-order valence-corrected chi connectivity index (χ3v) is 8.20. The normalized spacial score (nSPS) is 24.5. The van der Waals surface area contributed by atoms with E-state index in [2.05, 4.69) is 22.0 Å². The summed E-state index contributed by atoms with van der Waals surface area (Å²) in [6.07, 6.45) is 10.7. The van der Waals surface area contributed by atoms with Gasteiger partial charge in [0, 0.05) is 37.4 Å². The Hall–Kier alpha value is -1.82. The van der Waals surface area contributed by atoms with Crippen molar-refractivity contribution in [2.75, 3.05) is 43.5 Å². The first-order chi connectivity index (χ1) is 15.5. The molecule has 6 heteroatoms. The fourth-order valence-corrected chi connectivity index (χ4v) is 6.24. The number of anilines is 2. The van der Waals surface area contributed by atoms with E-state index in [4.69, 9.17) is 4.74 Å². The summed E-state index contributed by atoms with van der Waals surface area (Å²) in [4.78, 5) is 17.4. The SMILES string of the molecule is COC(=O)C1(CCNc2ccc(N3CCC(N4CCC[C@@H]4C)CC3)cc2F)CCCCC1. The first kappa shape index (κ1) is 23.3. The molecule has 1 aromatic rings. The summed E-state index contributed by atoms with van der Waals surface area (Å²) in [5.74, 6) is -0.324. The number of rotatable bonds is 7. The second-order valence-electron chi connectivity index (χ2n) is 10.1. The minimum Gasteiger partial charge on any atom is -0.469 e. The van der Waals surface area contributed by atoms with Gasteiger partial charge in [-0.1, -0.05) is 19.3 Å². The van der Waals surface area contributed by atoms with Crippen molar-refractivity contribution in [1.82, 2.24) is 4.90 Å². The van der Waals surface area contributed by atoms with Crippen LogP contribution in [0.2, 0.25) is 0 Å². The maximum absolute atomic E-state index is 14.9. The molecule has 0 spiro atoms. The molecule has 1 atom stereocenters. The Kier molecular flexibility index (Phi) is 7.59. The molecular formula is C26H40FN3O2. The van der Waals surface area contributed by atoms with E-state index in [0.717, 1.165) is 57.3 Å². The summed E-state index contributed by atoms with van der Waals surface area (Å²) < 4.78 is 20.0. The number of nitrogens with zero attached hydrogens (tertiary/aromatic N) is 2. The molecule has 2 saturated heterocycles. The number of carbonyl (C=O) groups excluding carboxylic acids is 1. The third-order valence-electron chi connectivity index (χ3n) is 8.20. The number of hydrogen-bond donors (Lipinski definition) is 1. The van der Waals surface area contributed by atoms with Gasteiger partial charge in [0.15, 0.2) is 0 Å². The number of likely N-dealkylation sites (tertiary alicyclic amines) is 1. The largest absolute Gasteiger partial charge is 0.469 e. The molecule has 1 aliphatic carbocycles. The van der Waals surface area contributed by atoms with Crippen molar-refractivity contribution < 1.29 is 13.9 Å². The number of halogens is 1. The van der Waals surface area contributed by atoms with Crippen LogP contribution in [0.5, 0.6) is 0 Å². The maximum Gasteiger partial charge on any atom is 0.311 e. The zero-order valence-electron chi connectivity index (χ0n) is 19.9. The predicted octanol–water partition coefficient (Wildman–Crippen LogP) is 5.20. The van der Waals surface area contributed by atoms with E-state index >= 15 is 0 Å². The van der Waals surface area contributed by atoms with Crippen LogP contribution in [0.4, 0.5) is 15.8 Å². The van der Waals surface area contributed by atoms with Crippen molar-refractivity contribution in [1.29, 1.82) is 0 Å². The van der Waals surface area contributed by atoms with E-state index in [-0.39, 0.29) is 11.8 Å². The summed E-state index contributed by atoms with van der Waals surface area (Å²) in [5, 5.41) is 3.24. The van der Waals surface area contributed by atoms with Gasteiger partial charge in [-0.05, 0) is 76.6 Å². The van der Waals surface area contributed by atoms with E-state index in [1.54, 1.807) is 6.07 Å². The molecule has 0 radical (unpaired) electrons. The van der Waals surface area contributed by atoms with Crippen molar-refractivity contribution in [2.45, 2.75) is 83.2 Å². The number of carbonyl (C=O) groups is 1. The van der Waals surface area contributed by atoms with E-state index in [9.17, 15) is 9.18 Å². The number of nitrogens with one attached hydrogen (secondary N) is 1. The number of piperidine rings is 1. The molecule has 5 nitrogen and oxygen atoms in total. The molecule has 2 heterocycles. The van der Waals surface area contributed by atoms with Gasteiger partial charge in [0.1, 0.15) is 5.82 Å². The van der Waals surface area contributed by atoms with Gasteiger partial charge in [0.05, 0.1) is 18.2 Å². The average Bonchev–Trinajstić information content (AvgIpc) is 3.26. The molecule has 3 fully saturated rings. The molecule has 1 N–H and O–H groups in total. The number of methoxy groups -OCH3 is 1. The smallest absolute Gasteiger partial charge is 0.311 e. The molecule has 178 valence electrons. The lowest BCUT2D eigenvalue weighted by Crippen LogP contribution is -2.46. The first-order valence-corrected chi connectivity index (χ1v) is 12.6. The minimum atomic E-state index is -0.409. The van der Waals surface area contributed by atoms with Crippen LogP contribution in [0.3, 0.4) is 0 Å². The Labute approximate surface area is 192 Å². The van der Waals surface area contributed by atoms with Crippen LogP contribution in [0.15, 0.2) is 18.2 Å². The second-order valence-corrected chi connectivity index (χ2v) is 10.1. The van der Waals surface area contributed by atoms with Crippen LogP contribution < -0.4 is 10.2 Å².